The molecule has 0 aliphatic carbocycles. The Bertz CT molecular complexity index is 953. The van der Waals surface area contributed by atoms with E-state index in [1.165, 1.54) is 18.2 Å². The minimum absolute atomic E-state index is 0. The molecular weight excluding hydrogens is 323 g/mol. The molecule has 0 saturated carbocycles. The summed E-state index contributed by atoms with van der Waals surface area (Å²) in [4.78, 5) is 23.6. The summed E-state index contributed by atoms with van der Waals surface area (Å²) >= 11 is 0. The predicted octanol–water partition coefficient (Wildman–Crippen LogP) is -0.478. The Hall–Kier alpha value is -1.86. The van der Waals surface area contributed by atoms with E-state index in [0.717, 1.165) is 0 Å². The average Bonchev–Trinajstić information content (AvgIpc) is 2.55. The van der Waals surface area contributed by atoms with Crippen LogP contribution in [0.3, 0.4) is 0 Å². The van der Waals surface area contributed by atoms with Crippen LogP contribution in [-0.4, -0.2) is 29.4 Å². The molecule has 0 unspecified atom stereocenters. The third-order valence-corrected chi connectivity index (χ3v) is 3.46. The van der Waals surface area contributed by atoms with Crippen molar-refractivity contribution in [2.24, 2.45) is 0 Å². The van der Waals surface area contributed by atoms with Gasteiger partial charge in [-0.1, -0.05) is 0 Å². The van der Waals surface area contributed by atoms with E-state index in [1.54, 1.807) is 18.2 Å². The van der Waals surface area contributed by atoms with Crippen LogP contribution in [0.2, 0.25) is 0 Å². The number of hydrogen-bond acceptors (Lipinski definition) is 5. The molecule has 24 heavy (non-hydrogen) atoms. The fourth-order valence-electron chi connectivity index (χ4n) is 2.31. The Kier molecular flexibility index (Phi) is 6.01. The second kappa shape index (κ2) is 7.81. The van der Waals surface area contributed by atoms with E-state index in [9.17, 15) is 9.59 Å². The fourth-order valence-corrected chi connectivity index (χ4v) is 2.31. The van der Waals surface area contributed by atoms with Gasteiger partial charge in [-0.3, -0.25) is 4.79 Å². The first-order valence-electron chi connectivity index (χ1n) is 7.08. The number of aliphatic hydroxyl groups excluding tert-OH is 1. The third kappa shape index (κ3) is 3.62. The molecule has 0 aliphatic heterocycles. The van der Waals surface area contributed by atoms with Gasteiger partial charge in [-0.25, -0.2) is 4.79 Å². The molecule has 3 aromatic rings. The maximum atomic E-state index is 12.5. The number of hydrogen-bond donors (Lipinski definition) is 2. The van der Waals surface area contributed by atoms with Crippen molar-refractivity contribution in [2.45, 2.75) is 6.42 Å². The number of carboxylic acid groups (broad SMARTS) is 1. The van der Waals surface area contributed by atoms with Crippen molar-refractivity contribution in [2.75, 3.05) is 13.2 Å². The van der Waals surface area contributed by atoms with Gasteiger partial charge in [0.1, 0.15) is 16.9 Å². The van der Waals surface area contributed by atoms with Gasteiger partial charge in [0.05, 0.1) is 22.9 Å². The molecule has 2 aromatic carbocycles. The second-order valence-corrected chi connectivity index (χ2v) is 5.03. The van der Waals surface area contributed by atoms with Crippen molar-refractivity contribution in [1.82, 2.24) is 0 Å². The van der Waals surface area contributed by atoms with Gasteiger partial charge >= 0.3 is 35.5 Å². The molecule has 0 fully saturated rings. The summed E-state index contributed by atoms with van der Waals surface area (Å²) in [5, 5.41) is 18.4. The van der Waals surface area contributed by atoms with Crippen LogP contribution in [0.4, 0.5) is 0 Å². The quantitative estimate of drug-likeness (QED) is 0.371. The molecule has 0 radical (unpaired) electrons. The van der Waals surface area contributed by atoms with Gasteiger partial charge in [0.15, 0.2) is 0 Å². The van der Waals surface area contributed by atoms with Gasteiger partial charge in [-0.15, -0.1) is 0 Å². The van der Waals surface area contributed by atoms with Crippen molar-refractivity contribution in [3.63, 3.8) is 0 Å². The normalized spacial score (nSPS) is 10.5. The summed E-state index contributed by atoms with van der Waals surface area (Å²) in [5.41, 5.74) is 0.408. The standard InChI is InChI=1S/C17H14O6.Na.H/c18-6-1-7-22-11-3-5-14-13(9-11)16(19)12-4-2-10(17(20)21)8-15(12)23-14;;/h2-5,8-9,18H,1,6-7H2,(H,20,21);;/q;+1;-1. The zero-order chi connectivity index (χ0) is 16.4. The second-order valence-electron chi connectivity index (χ2n) is 5.03. The molecular formula is C17H15NaO6. The molecule has 1 aromatic heterocycles. The van der Waals surface area contributed by atoms with Crippen LogP contribution in [0, 0.1) is 0 Å². The molecule has 0 spiro atoms. The van der Waals surface area contributed by atoms with Crippen LogP contribution in [0.5, 0.6) is 5.75 Å². The molecule has 0 amide bonds. The minimum atomic E-state index is -1.08. The van der Waals surface area contributed by atoms with E-state index in [0.29, 0.717) is 35.1 Å². The zero-order valence-electron chi connectivity index (χ0n) is 14.1. The molecule has 3 rings (SSSR count). The summed E-state index contributed by atoms with van der Waals surface area (Å²) in [6.45, 7) is 0.384. The van der Waals surface area contributed by atoms with E-state index < -0.39 is 5.97 Å². The number of carboxylic acids is 1. The Morgan fingerprint density at radius 2 is 1.92 bits per heavy atom. The van der Waals surface area contributed by atoms with Gasteiger partial charge in [0, 0.05) is 13.0 Å². The van der Waals surface area contributed by atoms with Crippen LogP contribution < -0.4 is 39.7 Å². The van der Waals surface area contributed by atoms with E-state index in [2.05, 4.69) is 0 Å². The molecule has 0 saturated heterocycles. The predicted molar refractivity (Wildman–Crippen MR) is 85.3 cm³/mol. The Balaban J connectivity index is 0.00000156. The first-order valence-corrected chi connectivity index (χ1v) is 7.08. The van der Waals surface area contributed by atoms with E-state index in [-0.39, 0.29) is 54.2 Å². The molecule has 7 heteroatoms. The molecule has 0 bridgehead atoms. The monoisotopic (exact) mass is 338 g/mol. The SMILES string of the molecule is O=C(O)c1ccc2c(=O)c3cc(OCCCO)ccc3oc2c1.[H-].[Na+]. The largest absolute Gasteiger partial charge is 1.00 e. The van der Waals surface area contributed by atoms with Crippen LogP contribution in [0.1, 0.15) is 18.2 Å². The molecule has 2 N–H and O–H groups in total. The van der Waals surface area contributed by atoms with Crippen LogP contribution >= 0.6 is 0 Å². The van der Waals surface area contributed by atoms with E-state index in [4.69, 9.17) is 19.4 Å². The van der Waals surface area contributed by atoms with Crippen molar-refractivity contribution < 1.29 is 55.1 Å². The van der Waals surface area contributed by atoms with Gasteiger partial charge in [-0.05, 0) is 36.4 Å². The van der Waals surface area contributed by atoms with Crippen LogP contribution in [-0.2, 0) is 0 Å². The topological polar surface area (TPSA) is 97.0 Å². The molecule has 120 valence electrons. The number of ether oxygens (including phenoxy) is 1. The number of aliphatic hydroxyl groups is 1. The Morgan fingerprint density at radius 1 is 1.12 bits per heavy atom. The van der Waals surface area contributed by atoms with Crippen molar-refractivity contribution in [1.29, 1.82) is 0 Å². The maximum Gasteiger partial charge on any atom is 1.00 e. The summed E-state index contributed by atoms with van der Waals surface area (Å²) in [5.74, 6) is -0.568. The summed E-state index contributed by atoms with van der Waals surface area (Å²) in [7, 11) is 0. The Morgan fingerprint density at radius 3 is 2.62 bits per heavy atom. The number of rotatable bonds is 5. The van der Waals surface area contributed by atoms with Crippen molar-refractivity contribution in [3.8, 4) is 5.75 Å². The summed E-state index contributed by atoms with van der Waals surface area (Å²) in [6, 6.07) is 9.01. The molecule has 0 atom stereocenters. The minimum Gasteiger partial charge on any atom is -1.00 e. The van der Waals surface area contributed by atoms with Crippen LogP contribution in [0.25, 0.3) is 21.9 Å². The van der Waals surface area contributed by atoms with Gasteiger partial charge in [0.2, 0.25) is 5.43 Å². The molecule has 0 aliphatic rings. The number of carbonyl (C=O) groups is 1. The maximum absolute atomic E-state index is 12.5. The number of fused-ring (bicyclic) bond motifs is 2. The third-order valence-electron chi connectivity index (χ3n) is 3.46. The van der Waals surface area contributed by atoms with Crippen molar-refractivity contribution in [3.05, 3.63) is 52.2 Å². The van der Waals surface area contributed by atoms with Gasteiger partial charge in [-0.2, -0.15) is 0 Å². The first kappa shape index (κ1) is 18.5. The number of aromatic carboxylic acids is 1. The molecule has 6 nitrogen and oxygen atoms in total. The fraction of sp³-hybridized carbons (Fsp3) is 0.176. The number of benzene rings is 2. The van der Waals surface area contributed by atoms with E-state index >= 15 is 0 Å². The van der Waals surface area contributed by atoms with Crippen molar-refractivity contribution >= 4 is 27.9 Å². The molecule has 1 heterocycles. The van der Waals surface area contributed by atoms with E-state index in [1.807, 2.05) is 0 Å². The first-order chi connectivity index (χ1) is 11.1. The smallest absolute Gasteiger partial charge is 1.00 e. The summed E-state index contributed by atoms with van der Waals surface area (Å²) < 4.78 is 11.1. The zero-order valence-corrected chi connectivity index (χ0v) is 15.1. The van der Waals surface area contributed by atoms with Crippen LogP contribution in [0.15, 0.2) is 45.6 Å². The van der Waals surface area contributed by atoms with Gasteiger partial charge in [0.25, 0.3) is 0 Å². The van der Waals surface area contributed by atoms with Gasteiger partial charge < -0.3 is 20.8 Å². The summed E-state index contributed by atoms with van der Waals surface area (Å²) in [6.07, 6.45) is 0.502. The Labute approximate surface area is 160 Å². The average molecular weight is 338 g/mol.